The standard InChI is InChI=1S/C23H34N6O4.C2F6.2C2HF3O2.2CH2O2.CH4/c30-28(31)22-8-4-20(5-9-22)18-26-16-2-14-24-12-1-13-25-15-3-17-27-19-21-6-10-23(11-7-21)29(32)33;3-1(4,5)2(6,7)8;2*3-2(4,5)1(6)7;2*2-1-3;/h4-11,24-27H,1-3,12-19H2;;2*(H,6,7);2*1H,(H,2,3);1H4. The summed E-state index contributed by atoms with van der Waals surface area (Å²) in [5.41, 5.74) is 2.32. The van der Waals surface area contributed by atoms with Gasteiger partial charge < -0.3 is 41.7 Å². The van der Waals surface area contributed by atoms with Gasteiger partial charge in [-0.15, -0.1) is 0 Å². The summed E-state index contributed by atoms with van der Waals surface area (Å²) in [5, 5.41) is 62.9. The zero-order valence-electron chi connectivity index (χ0n) is 31.0. The van der Waals surface area contributed by atoms with Gasteiger partial charge in [0.05, 0.1) is 9.85 Å². The van der Waals surface area contributed by atoms with Crippen LogP contribution in [-0.4, -0.2) is 119 Å². The molecule has 0 fully saturated rings. The molecule has 0 heterocycles. The topological polar surface area (TPSA) is 284 Å². The third-order valence-corrected chi connectivity index (χ3v) is 5.88. The Bertz CT molecular complexity index is 1400. The molecule has 62 heavy (non-hydrogen) atoms. The van der Waals surface area contributed by atoms with E-state index in [9.17, 15) is 72.9 Å². The maximum Gasteiger partial charge on any atom is 0.490 e. The first-order valence-corrected chi connectivity index (χ1v) is 16.2. The van der Waals surface area contributed by atoms with Crippen LogP contribution in [0.3, 0.4) is 0 Å². The van der Waals surface area contributed by atoms with Crippen molar-refractivity contribution in [2.75, 3.05) is 39.3 Å². The van der Waals surface area contributed by atoms with Crippen LogP contribution >= 0.6 is 0 Å². The van der Waals surface area contributed by atoms with E-state index in [0.29, 0.717) is 13.1 Å². The molecule has 18 nitrogen and oxygen atoms in total. The zero-order chi connectivity index (χ0) is 48.3. The van der Waals surface area contributed by atoms with Gasteiger partial charge in [-0.1, -0.05) is 31.7 Å². The molecule has 2 rings (SSSR count). The highest BCUT2D eigenvalue weighted by Crippen LogP contribution is 2.35. The largest absolute Gasteiger partial charge is 0.490 e. The van der Waals surface area contributed by atoms with Crippen molar-refractivity contribution in [2.24, 2.45) is 0 Å². The van der Waals surface area contributed by atoms with Crippen LogP contribution in [0.4, 0.5) is 64.1 Å². The molecule has 0 saturated carbocycles. The van der Waals surface area contributed by atoms with Crippen LogP contribution in [0, 0.1) is 20.2 Å². The molecular formula is C32H44F12N6O12. The van der Waals surface area contributed by atoms with Crippen molar-refractivity contribution in [1.82, 2.24) is 21.3 Å². The molecule has 0 aliphatic carbocycles. The number of benzene rings is 2. The summed E-state index contributed by atoms with van der Waals surface area (Å²) in [6, 6.07) is 13.3. The molecule has 0 atom stereocenters. The van der Waals surface area contributed by atoms with Gasteiger partial charge in [0.1, 0.15) is 0 Å². The van der Waals surface area contributed by atoms with E-state index in [4.69, 9.17) is 39.6 Å². The third-order valence-electron chi connectivity index (χ3n) is 5.88. The number of nitrogens with one attached hydrogen (secondary N) is 4. The fraction of sp³-hybridized carbons (Fsp3) is 0.500. The van der Waals surface area contributed by atoms with E-state index in [-0.39, 0.29) is 41.6 Å². The highest BCUT2D eigenvalue weighted by atomic mass is 19.5. The highest BCUT2D eigenvalue weighted by Gasteiger charge is 2.58. The van der Waals surface area contributed by atoms with Crippen LogP contribution in [0.5, 0.6) is 0 Å². The van der Waals surface area contributed by atoms with E-state index in [1.807, 2.05) is 0 Å². The van der Waals surface area contributed by atoms with Crippen LogP contribution in [-0.2, 0) is 32.3 Å². The van der Waals surface area contributed by atoms with E-state index < -0.39 is 36.6 Å². The van der Waals surface area contributed by atoms with Gasteiger partial charge in [-0.25, -0.2) is 9.59 Å². The molecule has 30 heteroatoms. The Morgan fingerprint density at radius 3 is 0.871 bits per heavy atom. The first-order chi connectivity index (χ1) is 28.0. The number of nitro groups is 2. The van der Waals surface area contributed by atoms with Gasteiger partial charge in [-0.3, -0.25) is 29.8 Å². The Morgan fingerprint density at radius 1 is 0.516 bits per heavy atom. The number of hydrogen-bond acceptors (Lipinski definition) is 12. The molecular weight excluding hydrogens is 888 g/mol. The SMILES string of the molecule is C.FC(F)(F)C(F)(F)F.O=C(O)C(F)(F)F.O=C(O)C(F)(F)F.O=CO.O=CO.O=[N+]([O-])c1ccc(CNCCCNCCCNCCCNCc2ccc([N+](=O)[O-])cc2)cc1. The summed E-state index contributed by atoms with van der Waals surface area (Å²) in [4.78, 5) is 55.0. The number of nitro benzene ring substituents is 2. The fourth-order valence-electron chi connectivity index (χ4n) is 3.20. The number of carboxylic acids is 2. The lowest BCUT2D eigenvalue weighted by Crippen LogP contribution is -2.30. The second-order valence-corrected chi connectivity index (χ2v) is 10.6. The number of non-ortho nitro benzene ring substituents is 2. The van der Waals surface area contributed by atoms with Crippen molar-refractivity contribution in [3.63, 3.8) is 0 Å². The van der Waals surface area contributed by atoms with Crippen LogP contribution in [0.1, 0.15) is 37.8 Å². The first-order valence-electron chi connectivity index (χ1n) is 16.2. The van der Waals surface area contributed by atoms with E-state index in [2.05, 4.69) is 21.3 Å². The molecule has 8 N–H and O–H groups in total. The molecule has 2 aromatic rings. The summed E-state index contributed by atoms with van der Waals surface area (Å²) in [6.45, 7) is 6.60. The third kappa shape index (κ3) is 40.9. The summed E-state index contributed by atoms with van der Waals surface area (Å²) in [5.74, 6) is -5.51. The summed E-state index contributed by atoms with van der Waals surface area (Å²) >= 11 is 0. The maximum atomic E-state index is 10.6. The predicted octanol–water partition coefficient (Wildman–Crippen LogP) is 6.15. The van der Waals surface area contributed by atoms with Crippen molar-refractivity contribution in [3.05, 3.63) is 79.9 Å². The van der Waals surface area contributed by atoms with E-state index in [1.54, 1.807) is 24.3 Å². The Kier molecular flexibility index (Phi) is 37.7. The number of hydrogen-bond donors (Lipinski definition) is 8. The predicted molar refractivity (Wildman–Crippen MR) is 193 cm³/mol. The Labute approximate surface area is 343 Å². The van der Waals surface area contributed by atoms with Gasteiger partial charge in [0.2, 0.25) is 0 Å². The van der Waals surface area contributed by atoms with Crippen molar-refractivity contribution < 1.29 is 102 Å². The van der Waals surface area contributed by atoms with Crippen LogP contribution in [0.15, 0.2) is 48.5 Å². The van der Waals surface area contributed by atoms with Crippen molar-refractivity contribution in [2.45, 2.75) is 64.5 Å². The Hall–Kier alpha value is -5.88. The van der Waals surface area contributed by atoms with Gasteiger partial charge >= 0.3 is 36.6 Å². The molecule has 0 saturated heterocycles. The number of aliphatic carboxylic acids is 2. The molecule has 0 aromatic heterocycles. The number of carbonyl (C=O) groups is 4. The lowest BCUT2D eigenvalue weighted by molar-refractivity contribution is -0.385. The van der Waals surface area contributed by atoms with Crippen LogP contribution in [0.25, 0.3) is 0 Å². The minimum absolute atomic E-state index is 0. The van der Waals surface area contributed by atoms with Crippen molar-refractivity contribution in [1.29, 1.82) is 0 Å². The van der Waals surface area contributed by atoms with E-state index in [0.717, 1.165) is 69.7 Å². The fourth-order valence-corrected chi connectivity index (χ4v) is 3.20. The summed E-state index contributed by atoms with van der Waals surface area (Å²) < 4.78 is 126. The molecule has 0 bridgehead atoms. The molecule has 0 aliphatic heterocycles. The monoisotopic (exact) mass is 932 g/mol. The number of alkyl halides is 12. The molecule has 0 radical (unpaired) electrons. The normalized spacial score (nSPS) is 10.6. The minimum atomic E-state index is -6.06. The van der Waals surface area contributed by atoms with E-state index in [1.165, 1.54) is 24.3 Å². The smallest absolute Gasteiger partial charge is 0.483 e. The minimum Gasteiger partial charge on any atom is -0.483 e. The average Bonchev–Trinajstić information content (AvgIpc) is 3.13. The van der Waals surface area contributed by atoms with Crippen LogP contribution < -0.4 is 21.3 Å². The first kappa shape index (κ1) is 65.2. The van der Waals surface area contributed by atoms with Gasteiger partial charge in [0.15, 0.2) is 0 Å². The van der Waals surface area contributed by atoms with Gasteiger partial charge in [0.25, 0.3) is 24.3 Å². The maximum absolute atomic E-state index is 10.6. The number of nitrogens with zero attached hydrogens (tertiary/aromatic N) is 2. The highest BCUT2D eigenvalue weighted by molar-refractivity contribution is 5.73. The van der Waals surface area contributed by atoms with Gasteiger partial charge in [0, 0.05) is 37.4 Å². The summed E-state index contributed by atoms with van der Waals surface area (Å²) in [7, 11) is 0. The van der Waals surface area contributed by atoms with Crippen molar-refractivity contribution in [3.8, 4) is 0 Å². The number of halogens is 12. The Morgan fingerprint density at radius 2 is 0.710 bits per heavy atom. The summed E-state index contributed by atoms with van der Waals surface area (Å²) in [6.07, 6.45) is -19.2. The second kappa shape index (κ2) is 35.8. The lowest BCUT2D eigenvalue weighted by atomic mass is 10.2. The molecule has 0 amide bonds. The molecule has 0 spiro atoms. The van der Waals surface area contributed by atoms with Crippen molar-refractivity contribution >= 4 is 36.3 Å². The van der Waals surface area contributed by atoms with Gasteiger partial charge in [-0.05, 0) is 69.7 Å². The molecule has 0 aliphatic rings. The second-order valence-electron chi connectivity index (χ2n) is 10.6. The molecule has 2 aromatic carbocycles. The average molecular weight is 933 g/mol. The molecule has 358 valence electrons. The number of rotatable bonds is 18. The Balaban J connectivity index is -0.000000302. The quantitative estimate of drug-likeness (QED) is 0.0274. The van der Waals surface area contributed by atoms with Crippen LogP contribution in [0.2, 0.25) is 0 Å². The zero-order valence-corrected chi connectivity index (χ0v) is 31.0. The van der Waals surface area contributed by atoms with E-state index >= 15 is 0 Å². The molecule has 0 unspecified atom stereocenters. The number of carboxylic acid groups (broad SMARTS) is 4. The lowest BCUT2D eigenvalue weighted by Gasteiger charge is -2.08. The van der Waals surface area contributed by atoms with Gasteiger partial charge in [-0.2, -0.15) is 52.7 Å².